The van der Waals surface area contributed by atoms with Crippen molar-refractivity contribution in [3.8, 4) is 39.6 Å². The van der Waals surface area contributed by atoms with Gasteiger partial charge in [0.15, 0.2) is 0 Å². The normalized spacial score (nSPS) is 12.8. The molecule has 0 saturated carbocycles. The van der Waals surface area contributed by atoms with E-state index in [1.54, 1.807) is 0 Å². The van der Waals surface area contributed by atoms with Gasteiger partial charge in [-0.25, -0.2) is 19.9 Å². The molecule has 0 amide bonds. The van der Waals surface area contributed by atoms with Crippen molar-refractivity contribution in [3.63, 3.8) is 0 Å². The second kappa shape index (κ2) is 8.27. The fraction of sp³-hybridized carbons (Fsp3) is 0. The van der Waals surface area contributed by atoms with Crippen molar-refractivity contribution in [2.45, 2.75) is 0 Å². The van der Waals surface area contributed by atoms with Crippen molar-refractivity contribution >= 4 is 50.3 Å². The van der Waals surface area contributed by atoms with Crippen LogP contribution in [0, 0.1) is 0 Å². The summed E-state index contributed by atoms with van der Waals surface area (Å²) in [5, 5.41) is 3.28. The molecule has 0 unspecified atom stereocenters. The number of hydrogen-bond acceptors (Lipinski definition) is 5. The molecule has 0 fully saturated rings. The second-order valence-corrected chi connectivity index (χ2v) is 10.9. The van der Waals surface area contributed by atoms with Crippen molar-refractivity contribution in [1.82, 2.24) is 19.5 Å². The van der Waals surface area contributed by atoms with E-state index in [9.17, 15) is 0 Å². The van der Waals surface area contributed by atoms with Gasteiger partial charge in [-0.05, 0) is 59.3 Å². The lowest BCUT2D eigenvalue weighted by atomic mass is 9.95. The molecule has 0 aliphatic carbocycles. The lowest BCUT2D eigenvalue weighted by Crippen LogP contribution is -2.17. The number of imidazole rings is 1. The van der Waals surface area contributed by atoms with Gasteiger partial charge >= 0.3 is 0 Å². The minimum absolute atomic E-state index is 0.553. The minimum atomic E-state index is 0.553. The van der Waals surface area contributed by atoms with Crippen molar-refractivity contribution in [1.29, 1.82) is 0 Å². The third kappa shape index (κ3) is 3.04. The summed E-state index contributed by atoms with van der Waals surface area (Å²) in [5.74, 6) is 2.85. The summed E-state index contributed by atoms with van der Waals surface area (Å²) in [6, 6.07) is 43.8. The zero-order valence-electron chi connectivity index (χ0n) is 22.8. The van der Waals surface area contributed by atoms with Crippen LogP contribution in [0.25, 0.3) is 60.8 Å². The molecule has 10 rings (SSSR count). The van der Waals surface area contributed by atoms with Crippen molar-refractivity contribution in [2.75, 3.05) is 4.90 Å². The van der Waals surface area contributed by atoms with E-state index < -0.39 is 0 Å². The van der Waals surface area contributed by atoms with Crippen LogP contribution in [0.2, 0.25) is 0 Å². The van der Waals surface area contributed by atoms with Crippen LogP contribution in [0.5, 0.6) is 11.5 Å². The van der Waals surface area contributed by atoms with E-state index in [0.29, 0.717) is 5.95 Å². The first-order chi connectivity index (χ1) is 21.3. The van der Waals surface area contributed by atoms with Crippen LogP contribution in [0.3, 0.4) is 0 Å². The average Bonchev–Trinajstić information content (AvgIpc) is 3.38. The maximum Gasteiger partial charge on any atom is 0.238 e. The fourth-order valence-corrected chi connectivity index (χ4v) is 6.70. The van der Waals surface area contributed by atoms with Gasteiger partial charge in [-0.1, -0.05) is 78.9 Å². The summed E-state index contributed by atoms with van der Waals surface area (Å²) < 4.78 is 8.53. The van der Waals surface area contributed by atoms with Crippen LogP contribution in [0.1, 0.15) is 0 Å². The molecule has 6 aromatic carbocycles. The Morgan fingerprint density at radius 2 is 1.30 bits per heavy atom. The topological polar surface area (TPSA) is 56.1 Å². The van der Waals surface area contributed by atoms with E-state index in [0.717, 1.165) is 73.1 Å². The second-order valence-electron chi connectivity index (χ2n) is 10.9. The Bertz CT molecular complexity index is 2460. The van der Waals surface area contributed by atoms with Crippen LogP contribution in [0.15, 0.2) is 127 Å². The highest BCUT2D eigenvalue weighted by atomic mass is 16.5. The summed E-state index contributed by atoms with van der Waals surface area (Å²) in [4.78, 5) is 17.9. The third-order valence-corrected chi connectivity index (χ3v) is 8.54. The summed E-state index contributed by atoms with van der Waals surface area (Å²) >= 11 is 0. The molecule has 43 heavy (non-hydrogen) atoms. The molecule has 2 aliphatic rings. The highest BCUT2D eigenvalue weighted by Crippen LogP contribution is 2.51. The molecule has 2 aliphatic heterocycles. The zero-order valence-corrected chi connectivity index (χ0v) is 22.8. The lowest BCUT2D eigenvalue weighted by molar-refractivity contribution is 0.486. The Labute approximate surface area is 246 Å². The van der Waals surface area contributed by atoms with Crippen LogP contribution in [-0.4, -0.2) is 19.5 Å². The number of hydrogen-bond donors (Lipinski definition) is 0. The van der Waals surface area contributed by atoms with Crippen LogP contribution in [-0.2, 0) is 0 Å². The van der Waals surface area contributed by atoms with Gasteiger partial charge in [0.25, 0.3) is 0 Å². The number of rotatable bonds is 1. The molecule has 0 saturated heterocycles. The number of nitrogens with zero attached hydrogens (tertiary/aromatic N) is 5. The minimum Gasteiger partial charge on any atom is -0.456 e. The average molecular weight is 552 g/mol. The zero-order chi connectivity index (χ0) is 28.1. The van der Waals surface area contributed by atoms with Gasteiger partial charge in [0.1, 0.15) is 11.5 Å². The summed E-state index contributed by atoms with van der Waals surface area (Å²) in [6.45, 7) is 0. The molecule has 8 aromatic rings. The monoisotopic (exact) mass is 551 g/mol. The Morgan fingerprint density at radius 3 is 2.28 bits per heavy atom. The number of anilines is 3. The van der Waals surface area contributed by atoms with Gasteiger partial charge in [-0.3, -0.25) is 4.57 Å². The maximum atomic E-state index is 6.28. The SMILES string of the molecule is c1ccc2c(c1)Oc1cccc3nc(N4c5ccccc5-c5c(ccc6ccccc56)-n5c4nc4ccccc45)nc-2c13. The highest BCUT2D eigenvalue weighted by Gasteiger charge is 2.33. The first-order valence-corrected chi connectivity index (χ1v) is 14.3. The number of fused-ring (bicyclic) bond motifs is 11. The van der Waals surface area contributed by atoms with Crippen LogP contribution < -0.4 is 9.64 Å². The molecule has 0 radical (unpaired) electrons. The predicted octanol–water partition coefficient (Wildman–Crippen LogP) is 9.34. The largest absolute Gasteiger partial charge is 0.456 e. The quantitative estimate of drug-likeness (QED) is 0.203. The van der Waals surface area contributed by atoms with Gasteiger partial charge in [-0.15, -0.1) is 0 Å². The fourth-order valence-electron chi connectivity index (χ4n) is 6.70. The Balaban J connectivity index is 1.37. The van der Waals surface area contributed by atoms with Crippen molar-refractivity contribution < 1.29 is 4.74 Å². The standard InChI is InChI=1S/C37H21N5O/c1-2-11-23-22(10-1)20-21-30-33(23)24-12-3-6-16-28(24)42(37-39-26-14-5-7-17-29(26)41(30)37)36-38-27-15-9-19-32-34(27)35(40-36)25-13-4-8-18-31(25)43-32/h1-21H. The van der Waals surface area contributed by atoms with Gasteiger partial charge in [0.2, 0.25) is 11.9 Å². The smallest absolute Gasteiger partial charge is 0.238 e. The Kier molecular flexibility index (Phi) is 4.36. The Hall–Kier alpha value is -6.01. The molecular formula is C37H21N5O. The van der Waals surface area contributed by atoms with E-state index in [-0.39, 0.29) is 0 Å². The number of para-hydroxylation sites is 4. The van der Waals surface area contributed by atoms with Gasteiger partial charge in [-0.2, -0.15) is 0 Å². The first kappa shape index (κ1) is 22.7. The van der Waals surface area contributed by atoms with Crippen LogP contribution in [0.4, 0.5) is 17.6 Å². The lowest BCUT2D eigenvalue weighted by Gasteiger charge is -2.25. The Morgan fingerprint density at radius 1 is 0.535 bits per heavy atom. The third-order valence-electron chi connectivity index (χ3n) is 8.54. The molecule has 0 bridgehead atoms. The molecule has 6 heteroatoms. The molecule has 2 aromatic heterocycles. The van der Waals surface area contributed by atoms with E-state index >= 15 is 0 Å². The van der Waals surface area contributed by atoms with Gasteiger partial charge in [0, 0.05) is 16.7 Å². The maximum absolute atomic E-state index is 6.28. The molecule has 0 N–H and O–H groups in total. The van der Waals surface area contributed by atoms with Gasteiger partial charge in [0.05, 0.1) is 39.0 Å². The highest BCUT2D eigenvalue weighted by molar-refractivity contribution is 6.08. The molecule has 0 atom stereocenters. The first-order valence-electron chi connectivity index (χ1n) is 14.3. The molecule has 6 nitrogen and oxygen atoms in total. The molecular weight excluding hydrogens is 530 g/mol. The van der Waals surface area contributed by atoms with Crippen molar-refractivity contribution in [2.24, 2.45) is 0 Å². The molecule has 4 heterocycles. The molecule has 0 spiro atoms. The van der Waals surface area contributed by atoms with E-state index in [2.05, 4.69) is 94.4 Å². The van der Waals surface area contributed by atoms with E-state index in [4.69, 9.17) is 19.7 Å². The number of aromatic nitrogens is 4. The summed E-state index contributed by atoms with van der Waals surface area (Å²) in [5.41, 5.74) is 8.84. The van der Waals surface area contributed by atoms with Gasteiger partial charge < -0.3 is 4.74 Å². The molecule has 200 valence electrons. The summed E-state index contributed by atoms with van der Waals surface area (Å²) in [7, 11) is 0. The predicted molar refractivity (Wildman–Crippen MR) is 171 cm³/mol. The van der Waals surface area contributed by atoms with E-state index in [1.165, 1.54) is 10.8 Å². The summed E-state index contributed by atoms with van der Waals surface area (Å²) in [6.07, 6.45) is 0. The number of ether oxygens (including phenoxy) is 1. The van der Waals surface area contributed by atoms with Crippen LogP contribution >= 0.6 is 0 Å². The van der Waals surface area contributed by atoms with E-state index in [1.807, 2.05) is 42.5 Å². The number of benzene rings is 6. The van der Waals surface area contributed by atoms with Crippen molar-refractivity contribution in [3.05, 3.63) is 127 Å².